The lowest BCUT2D eigenvalue weighted by atomic mass is 9.99. The molecule has 2 rings (SSSR count). The number of hydrogen-bond donors (Lipinski definition) is 0. The molecule has 0 N–H and O–H groups in total. The summed E-state index contributed by atoms with van der Waals surface area (Å²) in [5, 5.41) is 0. The highest BCUT2D eigenvalue weighted by Crippen LogP contribution is 2.23. The van der Waals surface area contributed by atoms with Gasteiger partial charge in [0.25, 0.3) is 0 Å². The highest BCUT2D eigenvalue weighted by atomic mass is 16.2. The van der Waals surface area contributed by atoms with Crippen molar-refractivity contribution in [2.24, 2.45) is 5.92 Å². The van der Waals surface area contributed by atoms with Crippen LogP contribution in [0.25, 0.3) is 0 Å². The van der Waals surface area contributed by atoms with Gasteiger partial charge in [0.15, 0.2) is 0 Å². The van der Waals surface area contributed by atoms with Crippen molar-refractivity contribution in [2.45, 2.75) is 77.7 Å². The number of likely N-dealkylation sites (tertiary alicyclic amines) is 1. The van der Waals surface area contributed by atoms with E-state index in [4.69, 9.17) is 0 Å². The Balaban J connectivity index is 1.83. The molecule has 1 aliphatic carbocycles. The fourth-order valence-electron chi connectivity index (χ4n) is 3.80. The molecule has 1 saturated carbocycles. The first-order valence-electron chi connectivity index (χ1n) is 9.13. The molecule has 126 valence electrons. The predicted molar refractivity (Wildman–Crippen MR) is 88.5 cm³/mol. The minimum absolute atomic E-state index is 0.131. The first kappa shape index (κ1) is 17.3. The third-order valence-corrected chi connectivity index (χ3v) is 5.37. The van der Waals surface area contributed by atoms with E-state index in [1.165, 1.54) is 25.7 Å². The molecular formula is C18H32N2O2. The molecule has 22 heavy (non-hydrogen) atoms. The molecule has 4 nitrogen and oxygen atoms in total. The molecule has 0 unspecified atom stereocenters. The van der Waals surface area contributed by atoms with E-state index in [2.05, 4.69) is 6.92 Å². The fourth-order valence-corrected chi connectivity index (χ4v) is 3.80. The summed E-state index contributed by atoms with van der Waals surface area (Å²) in [6, 6.07) is 0.356. The summed E-state index contributed by atoms with van der Waals surface area (Å²) in [6.45, 7) is 6.29. The first-order valence-corrected chi connectivity index (χ1v) is 9.13. The van der Waals surface area contributed by atoms with Crippen LogP contribution in [-0.4, -0.2) is 47.3 Å². The molecule has 1 heterocycles. The molecule has 2 aliphatic rings. The zero-order valence-corrected chi connectivity index (χ0v) is 14.4. The lowest BCUT2D eigenvalue weighted by molar-refractivity contribution is -0.135. The van der Waals surface area contributed by atoms with Crippen LogP contribution in [0, 0.1) is 5.92 Å². The maximum atomic E-state index is 12.4. The van der Waals surface area contributed by atoms with Crippen molar-refractivity contribution in [2.75, 3.05) is 19.6 Å². The lowest BCUT2D eigenvalue weighted by Crippen LogP contribution is -2.43. The Kier molecular flexibility index (Phi) is 6.71. The summed E-state index contributed by atoms with van der Waals surface area (Å²) in [4.78, 5) is 28.3. The van der Waals surface area contributed by atoms with Crippen molar-refractivity contribution >= 4 is 11.8 Å². The van der Waals surface area contributed by atoms with Crippen LogP contribution in [0.1, 0.15) is 71.6 Å². The Labute approximate surface area is 135 Å². The molecule has 0 bridgehead atoms. The van der Waals surface area contributed by atoms with Gasteiger partial charge in [-0.3, -0.25) is 9.59 Å². The van der Waals surface area contributed by atoms with Gasteiger partial charge in [-0.15, -0.1) is 0 Å². The summed E-state index contributed by atoms with van der Waals surface area (Å²) in [5.74, 6) is 1.10. The van der Waals surface area contributed by atoms with Gasteiger partial charge in [-0.1, -0.05) is 32.6 Å². The highest BCUT2D eigenvalue weighted by Gasteiger charge is 2.25. The molecule has 0 spiro atoms. The monoisotopic (exact) mass is 308 g/mol. The third-order valence-electron chi connectivity index (χ3n) is 5.37. The van der Waals surface area contributed by atoms with Gasteiger partial charge < -0.3 is 9.80 Å². The quantitative estimate of drug-likeness (QED) is 0.748. The molecule has 0 atom stereocenters. The fraction of sp³-hybridized carbons (Fsp3) is 0.889. The van der Waals surface area contributed by atoms with Crippen LogP contribution in [-0.2, 0) is 9.59 Å². The van der Waals surface area contributed by atoms with Gasteiger partial charge >= 0.3 is 0 Å². The van der Waals surface area contributed by atoms with Crippen LogP contribution in [0.4, 0.5) is 0 Å². The smallest absolute Gasteiger partial charge is 0.224 e. The van der Waals surface area contributed by atoms with Gasteiger partial charge in [-0.2, -0.15) is 0 Å². The van der Waals surface area contributed by atoms with Crippen LogP contribution in [0.5, 0.6) is 0 Å². The molecule has 4 heteroatoms. The van der Waals surface area contributed by atoms with Gasteiger partial charge in [0, 0.05) is 39.0 Å². The Morgan fingerprint density at radius 3 is 2.14 bits per heavy atom. The van der Waals surface area contributed by atoms with Gasteiger partial charge in [-0.25, -0.2) is 0 Å². The van der Waals surface area contributed by atoms with E-state index in [0.29, 0.717) is 19.0 Å². The average Bonchev–Trinajstić information content (AvgIpc) is 2.77. The number of carbonyl (C=O) groups is 2. The minimum atomic E-state index is 0.131. The van der Waals surface area contributed by atoms with E-state index < -0.39 is 0 Å². The van der Waals surface area contributed by atoms with E-state index in [1.807, 2.05) is 9.80 Å². The zero-order chi connectivity index (χ0) is 15.9. The van der Waals surface area contributed by atoms with Crippen molar-refractivity contribution in [1.82, 2.24) is 9.80 Å². The van der Waals surface area contributed by atoms with Crippen LogP contribution in [0.2, 0.25) is 0 Å². The molecule has 0 aromatic rings. The standard InChI is InChI=1S/C18H32N2O2/c1-15-9-12-19(13-10-15)18(22)11-14-20(16(2)21)17-7-5-3-4-6-8-17/h15,17H,3-14H2,1-2H3. The highest BCUT2D eigenvalue weighted by molar-refractivity contribution is 5.78. The Bertz CT molecular complexity index is 367. The second-order valence-corrected chi connectivity index (χ2v) is 7.17. The van der Waals surface area contributed by atoms with Crippen LogP contribution in [0.3, 0.4) is 0 Å². The Morgan fingerprint density at radius 2 is 1.59 bits per heavy atom. The summed E-state index contributed by atoms with van der Waals surface area (Å²) in [7, 11) is 0. The normalized spacial score (nSPS) is 21.5. The van der Waals surface area contributed by atoms with Gasteiger partial charge in [0.1, 0.15) is 0 Å². The molecule has 0 aromatic heterocycles. The maximum Gasteiger partial charge on any atom is 0.224 e. The Morgan fingerprint density at radius 1 is 1.00 bits per heavy atom. The second-order valence-electron chi connectivity index (χ2n) is 7.17. The van der Waals surface area contributed by atoms with E-state index >= 15 is 0 Å². The number of amides is 2. The van der Waals surface area contributed by atoms with Crippen molar-refractivity contribution < 1.29 is 9.59 Å². The van der Waals surface area contributed by atoms with Gasteiger partial charge in [0.2, 0.25) is 11.8 Å². The SMILES string of the molecule is CC(=O)N(CCC(=O)N1CCC(C)CC1)C1CCCCCC1. The summed E-state index contributed by atoms with van der Waals surface area (Å²) in [5.41, 5.74) is 0. The van der Waals surface area contributed by atoms with E-state index in [9.17, 15) is 9.59 Å². The first-order chi connectivity index (χ1) is 10.6. The van der Waals surface area contributed by atoms with Gasteiger partial charge in [0.05, 0.1) is 0 Å². The lowest BCUT2D eigenvalue weighted by Gasteiger charge is -2.33. The molecular weight excluding hydrogens is 276 g/mol. The van der Waals surface area contributed by atoms with Crippen LogP contribution >= 0.6 is 0 Å². The number of nitrogens with zero attached hydrogens (tertiary/aromatic N) is 2. The van der Waals surface area contributed by atoms with Crippen molar-refractivity contribution in [3.8, 4) is 0 Å². The minimum Gasteiger partial charge on any atom is -0.343 e. The van der Waals surface area contributed by atoms with Crippen LogP contribution in [0.15, 0.2) is 0 Å². The van der Waals surface area contributed by atoms with Crippen molar-refractivity contribution in [3.05, 3.63) is 0 Å². The predicted octanol–water partition coefficient (Wildman–Crippen LogP) is 3.21. The number of rotatable bonds is 4. The van der Waals surface area contributed by atoms with Gasteiger partial charge in [-0.05, 0) is 31.6 Å². The van der Waals surface area contributed by atoms with E-state index in [0.717, 1.165) is 44.7 Å². The maximum absolute atomic E-state index is 12.4. The molecule has 1 aliphatic heterocycles. The van der Waals surface area contributed by atoms with Crippen LogP contribution < -0.4 is 0 Å². The average molecular weight is 308 g/mol. The Hall–Kier alpha value is -1.06. The molecule has 2 fully saturated rings. The van der Waals surface area contributed by atoms with Crippen molar-refractivity contribution in [3.63, 3.8) is 0 Å². The van der Waals surface area contributed by atoms with E-state index in [1.54, 1.807) is 6.92 Å². The summed E-state index contributed by atoms with van der Waals surface area (Å²) >= 11 is 0. The number of piperidine rings is 1. The summed E-state index contributed by atoms with van der Waals surface area (Å²) in [6.07, 6.45) is 9.93. The van der Waals surface area contributed by atoms with Crippen molar-refractivity contribution in [1.29, 1.82) is 0 Å². The van der Waals surface area contributed by atoms with E-state index in [-0.39, 0.29) is 11.8 Å². The number of carbonyl (C=O) groups excluding carboxylic acids is 2. The molecule has 2 amide bonds. The zero-order valence-electron chi connectivity index (χ0n) is 14.4. The third kappa shape index (κ3) is 4.99. The topological polar surface area (TPSA) is 40.6 Å². The largest absolute Gasteiger partial charge is 0.343 e. The second kappa shape index (κ2) is 8.54. The molecule has 0 aromatic carbocycles. The molecule has 1 saturated heterocycles. The number of hydrogen-bond acceptors (Lipinski definition) is 2. The summed E-state index contributed by atoms with van der Waals surface area (Å²) < 4.78 is 0. The molecule has 0 radical (unpaired) electrons.